The Balaban J connectivity index is 0.00000245. The number of nitrogens with zero attached hydrogens (tertiary/aromatic N) is 2. The number of rotatable bonds is 5. The molecule has 2 atom stereocenters. The Kier molecular flexibility index (Phi) is 6.51. The van der Waals surface area contributed by atoms with Crippen LogP contribution < -0.4 is 15.2 Å². The van der Waals surface area contributed by atoms with Gasteiger partial charge in [-0.15, -0.1) is 12.4 Å². The Labute approximate surface area is 193 Å². The molecule has 3 aromatic rings. The Bertz CT molecular complexity index is 1120. The first kappa shape index (κ1) is 22.7. The average molecular weight is 460 g/mol. The Morgan fingerprint density at radius 2 is 1.81 bits per heavy atom. The second kappa shape index (κ2) is 9.17. The Morgan fingerprint density at radius 3 is 2.56 bits per heavy atom. The summed E-state index contributed by atoms with van der Waals surface area (Å²) < 4.78 is 14.1. The maximum Gasteiger partial charge on any atom is 0.326 e. The molecule has 2 aliphatic rings. The number of β-amino-alcohol motifs (C(OH)–C–C–N with tert-alkyl or cyclic N) is 1. The summed E-state index contributed by atoms with van der Waals surface area (Å²) >= 11 is 0. The number of aliphatic hydroxyl groups excluding tert-OH is 1. The molecule has 172 valence electrons. The van der Waals surface area contributed by atoms with Gasteiger partial charge in [0, 0.05) is 25.7 Å². The van der Waals surface area contributed by atoms with E-state index in [2.05, 4.69) is 9.88 Å². The minimum absolute atomic E-state index is 0. The molecular weight excluding hydrogens is 430 g/mol. The molecule has 8 heteroatoms. The molecule has 0 aliphatic carbocycles. The summed E-state index contributed by atoms with van der Waals surface area (Å²) in [5.41, 5.74) is 1.04. The van der Waals surface area contributed by atoms with Gasteiger partial charge in [-0.2, -0.15) is 0 Å². The average Bonchev–Trinajstić information content (AvgIpc) is 3.15. The smallest absolute Gasteiger partial charge is 0.326 e. The first-order chi connectivity index (χ1) is 15.1. The van der Waals surface area contributed by atoms with Crippen LogP contribution >= 0.6 is 12.4 Å². The van der Waals surface area contributed by atoms with Gasteiger partial charge in [0.1, 0.15) is 12.7 Å². The summed E-state index contributed by atoms with van der Waals surface area (Å²) in [5, 5.41) is 11.1. The number of hydrogen-bond donors (Lipinski definition) is 2. The van der Waals surface area contributed by atoms with Crippen molar-refractivity contribution in [3.8, 4) is 11.5 Å². The zero-order chi connectivity index (χ0) is 21.4. The van der Waals surface area contributed by atoms with E-state index in [9.17, 15) is 9.90 Å². The van der Waals surface area contributed by atoms with Crippen LogP contribution in [-0.4, -0.2) is 57.5 Å². The van der Waals surface area contributed by atoms with Crippen LogP contribution in [0.1, 0.15) is 32.2 Å². The number of likely N-dealkylation sites (tertiary alicyclic amines) is 1. The second-order valence-corrected chi connectivity index (χ2v) is 8.62. The highest BCUT2D eigenvalue weighted by molar-refractivity contribution is 5.85. The number of imidazole rings is 1. The van der Waals surface area contributed by atoms with E-state index in [1.807, 2.05) is 60.0 Å². The zero-order valence-electron chi connectivity index (χ0n) is 18.2. The van der Waals surface area contributed by atoms with Gasteiger partial charge in [0.2, 0.25) is 0 Å². The highest BCUT2D eigenvalue weighted by Crippen LogP contribution is 2.38. The predicted octanol–water partition coefficient (Wildman–Crippen LogP) is 3.37. The lowest BCUT2D eigenvalue weighted by Gasteiger charge is -2.43. The number of aromatic nitrogens is 2. The van der Waals surface area contributed by atoms with Gasteiger partial charge in [-0.25, -0.2) is 4.79 Å². The van der Waals surface area contributed by atoms with E-state index in [4.69, 9.17) is 9.47 Å². The molecule has 2 aromatic carbocycles. The molecule has 0 radical (unpaired) electrons. The molecule has 2 unspecified atom stereocenters. The maximum absolute atomic E-state index is 12.5. The van der Waals surface area contributed by atoms with Gasteiger partial charge in [-0.3, -0.25) is 4.57 Å². The van der Waals surface area contributed by atoms with Gasteiger partial charge in [0.05, 0.1) is 11.0 Å². The third kappa shape index (κ3) is 4.00. The lowest BCUT2D eigenvalue weighted by molar-refractivity contribution is -0.108. The number of H-pyrrole nitrogens is 1. The van der Waals surface area contributed by atoms with Crippen LogP contribution in [0.5, 0.6) is 11.5 Å². The third-order valence-electron chi connectivity index (χ3n) is 6.82. The van der Waals surface area contributed by atoms with Crippen molar-refractivity contribution in [3.63, 3.8) is 0 Å². The maximum atomic E-state index is 12.5. The van der Waals surface area contributed by atoms with Crippen molar-refractivity contribution in [2.24, 2.45) is 0 Å². The van der Waals surface area contributed by atoms with Crippen molar-refractivity contribution in [3.05, 3.63) is 59.0 Å². The first-order valence-corrected chi connectivity index (χ1v) is 11.1. The lowest BCUT2D eigenvalue weighted by Crippen LogP contribution is -2.58. The van der Waals surface area contributed by atoms with Crippen LogP contribution in [0.4, 0.5) is 0 Å². The molecule has 1 saturated heterocycles. The number of aliphatic hydroxyl groups is 1. The molecule has 32 heavy (non-hydrogen) atoms. The normalized spacial score (nSPS) is 22.4. The summed E-state index contributed by atoms with van der Waals surface area (Å²) in [5.74, 6) is 1.41. The summed E-state index contributed by atoms with van der Waals surface area (Å²) in [4.78, 5) is 17.7. The number of para-hydroxylation sites is 4. The Hall–Kier alpha value is -2.48. The standard InChI is InChI=1S/C24H29N3O4.ClH/c1-2-24(16-30-20-9-5-6-10-21(20)31-24)22(28)15-26-13-11-17(12-14-26)27-19-8-4-3-7-18(19)25-23(27)29;/h3-10,17,22,28H,2,11-16H2,1H3,(H,25,29);1H. The van der Waals surface area contributed by atoms with E-state index < -0.39 is 11.7 Å². The fraction of sp³-hybridized carbons (Fsp3) is 0.458. The van der Waals surface area contributed by atoms with Crippen LogP contribution in [0.15, 0.2) is 53.3 Å². The van der Waals surface area contributed by atoms with Gasteiger partial charge in [0.15, 0.2) is 17.1 Å². The van der Waals surface area contributed by atoms with Gasteiger partial charge in [-0.05, 0) is 43.5 Å². The number of fused-ring (bicyclic) bond motifs is 2. The van der Waals surface area contributed by atoms with E-state index in [-0.39, 0.29) is 24.1 Å². The molecule has 0 bridgehead atoms. The Morgan fingerprint density at radius 1 is 1.12 bits per heavy atom. The molecule has 7 nitrogen and oxygen atoms in total. The SMILES string of the molecule is CCC1(C(O)CN2CCC(n3c(=O)[nH]c4ccccc43)CC2)COc2ccccc2O1.Cl. The topological polar surface area (TPSA) is 79.7 Å². The summed E-state index contributed by atoms with van der Waals surface area (Å²) in [7, 11) is 0. The van der Waals surface area contributed by atoms with E-state index >= 15 is 0 Å². The summed E-state index contributed by atoms with van der Waals surface area (Å²) in [6.45, 7) is 4.53. The molecule has 2 N–H and O–H groups in total. The second-order valence-electron chi connectivity index (χ2n) is 8.62. The minimum atomic E-state index is -0.751. The van der Waals surface area contributed by atoms with Crippen LogP contribution in [0.2, 0.25) is 0 Å². The number of aromatic amines is 1. The highest BCUT2D eigenvalue weighted by Gasteiger charge is 2.44. The molecule has 2 aliphatic heterocycles. The van der Waals surface area contributed by atoms with E-state index in [1.165, 1.54) is 0 Å². The highest BCUT2D eigenvalue weighted by atomic mass is 35.5. The monoisotopic (exact) mass is 459 g/mol. The molecule has 0 spiro atoms. The van der Waals surface area contributed by atoms with Gasteiger partial charge < -0.3 is 24.5 Å². The van der Waals surface area contributed by atoms with E-state index in [0.29, 0.717) is 25.3 Å². The van der Waals surface area contributed by atoms with Crippen LogP contribution in [0.3, 0.4) is 0 Å². The van der Waals surface area contributed by atoms with Crippen molar-refractivity contribution in [2.75, 3.05) is 26.2 Å². The number of benzene rings is 2. The molecule has 1 fully saturated rings. The summed E-state index contributed by atoms with van der Waals surface area (Å²) in [6, 6.07) is 15.6. The van der Waals surface area contributed by atoms with Crippen molar-refractivity contribution in [1.82, 2.24) is 14.5 Å². The summed E-state index contributed by atoms with van der Waals surface area (Å²) in [6.07, 6.45) is 1.73. The van der Waals surface area contributed by atoms with Gasteiger partial charge in [-0.1, -0.05) is 31.2 Å². The van der Waals surface area contributed by atoms with Crippen LogP contribution in [0.25, 0.3) is 11.0 Å². The number of nitrogens with one attached hydrogen (secondary N) is 1. The predicted molar refractivity (Wildman–Crippen MR) is 126 cm³/mol. The fourth-order valence-electron chi connectivity index (χ4n) is 4.88. The molecule has 5 rings (SSSR count). The van der Waals surface area contributed by atoms with E-state index in [1.54, 1.807) is 0 Å². The lowest BCUT2D eigenvalue weighted by atomic mass is 9.91. The fourth-order valence-corrected chi connectivity index (χ4v) is 4.88. The van der Waals surface area contributed by atoms with Gasteiger partial charge >= 0.3 is 5.69 Å². The minimum Gasteiger partial charge on any atom is -0.485 e. The zero-order valence-corrected chi connectivity index (χ0v) is 19.0. The largest absolute Gasteiger partial charge is 0.485 e. The molecule has 0 saturated carbocycles. The van der Waals surface area contributed by atoms with E-state index in [0.717, 1.165) is 42.7 Å². The molecule has 3 heterocycles. The van der Waals surface area contributed by atoms with Crippen molar-refractivity contribution >= 4 is 23.4 Å². The van der Waals surface area contributed by atoms with Crippen molar-refractivity contribution in [1.29, 1.82) is 0 Å². The molecule has 0 amide bonds. The number of piperidine rings is 1. The first-order valence-electron chi connectivity index (χ1n) is 11.1. The number of halogens is 1. The molecular formula is C24H30ClN3O4. The van der Waals surface area contributed by atoms with Crippen molar-refractivity contribution in [2.45, 2.75) is 43.9 Å². The number of ether oxygens (including phenoxy) is 2. The quantitative estimate of drug-likeness (QED) is 0.611. The van der Waals surface area contributed by atoms with Crippen LogP contribution in [-0.2, 0) is 0 Å². The van der Waals surface area contributed by atoms with Crippen LogP contribution in [0, 0.1) is 0 Å². The van der Waals surface area contributed by atoms with Crippen molar-refractivity contribution < 1.29 is 14.6 Å². The third-order valence-corrected chi connectivity index (χ3v) is 6.82. The van der Waals surface area contributed by atoms with Gasteiger partial charge in [0.25, 0.3) is 0 Å². The number of hydrogen-bond acceptors (Lipinski definition) is 5. The molecule has 1 aromatic heterocycles.